The molecule has 0 aliphatic carbocycles. The zero-order chi connectivity index (χ0) is 18.2. The van der Waals surface area contributed by atoms with Crippen LogP contribution in [0.1, 0.15) is 55.1 Å². The summed E-state index contributed by atoms with van der Waals surface area (Å²) in [5.74, 6) is 0.896. The van der Waals surface area contributed by atoms with E-state index in [1.807, 2.05) is 13.1 Å². The average molecular weight is 343 g/mol. The van der Waals surface area contributed by atoms with Gasteiger partial charge >= 0.3 is 5.97 Å². The van der Waals surface area contributed by atoms with Crippen molar-refractivity contribution in [3.05, 3.63) is 35.0 Å². The van der Waals surface area contributed by atoms with Crippen molar-refractivity contribution >= 4 is 11.8 Å². The highest BCUT2D eigenvalue weighted by Crippen LogP contribution is 2.28. The van der Waals surface area contributed by atoms with Crippen LogP contribution in [0.5, 0.6) is 0 Å². The van der Waals surface area contributed by atoms with E-state index in [0.717, 1.165) is 13.0 Å². The van der Waals surface area contributed by atoms with E-state index in [2.05, 4.69) is 45.4 Å². The molecule has 3 rings (SSSR count). The van der Waals surface area contributed by atoms with E-state index in [0.29, 0.717) is 30.4 Å². The van der Waals surface area contributed by atoms with Crippen LogP contribution in [0.2, 0.25) is 0 Å². The van der Waals surface area contributed by atoms with E-state index >= 15 is 0 Å². The predicted octanol–water partition coefficient (Wildman–Crippen LogP) is 2.48. The Kier molecular flexibility index (Phi) is 4.49. The van der Waals surface area contributed by atoms with Crippen LogP contribution in [0, 0.1) is 6.92 Å². The van der Waals surface area contributed by atoms with Gasteiger partial charge in [0.1, 0.15) is 17.2 Å². The number of ether oxygens (including phenoxy) is 1. The minimum absolute atomic E-state index is 0.0443. The Hall–Kier alpha value is -2.44. The van der Waals surface area contributed by atoms with Crippen LogP contribution >= 0.6 is 0 Å². The number of fused-ring (bicyclic) bond motifs is 1. The SMILES string of the molecule is CCOC(=O)c1cnc(C)nc1N1CCc2c(cnn2C(C)(C)C)C1. The van der Waals surface area contributed by atoms with Gasteiger partial charge in [-0.25, -0.2) is 14.8 Å². The summed E-state index contributed by atoms with van der Waals surface area (Å²) in [7, 11) is 0. The first-order valence-corrected chi connectivity index (χ1v) is 8.63. The Morgan fingerprint density at radius 1 is 1.32 bits per heavy atom. The molecule has 0 saturated carbocycles. The van der Waals surface area contributed by atoms with E-state index in [4.69, 9.17) is 4.74 Å². The summed E-state index contributed by atoms with van der Waals surface area (Å²) < 4.78 is 7.25. The molecule has 0 N–H and O–H groups in total. The van der Waals surface area contributed by atoms with Gasteiger partial charge in [-0.1, -0.05) is 0 Å². The number of anilines is 1. The first kappa shape index (κ1) is 17.4. The molecule has 7 heteroatoms. The molecule has 0 bridgehead atoms. The van der Waals surface area contributed by atoms with E-state index in [1.165, 1.54) is 11.3 Å². The molecule has 0 saturated heterocycles. The maximum atomic E-state index is 12.3. The monoisotopic (exact) mass is 343 g/mol. The number of carbonyl (C=O) groups excluding carboxylic acids is 1. The van der Waals surface area contributed by atoms with Gasteiger partial charge in [-0.05, 0) is 34.6 Å². The molecule has 0 amide bonds. The van der Waals surface area contributed by atoms with Crippen LogP contribution < -0.4 is 4.90 Å². The Labute approximate surface area is 148 Å². The van der Waals surface area contributed by atoms with Gasteiger partial charge in [-0.2, -0.15) is 5.10 Å². The molecule has 2 aromatic heterocycles. The summed E-state index contributed by atoms with van der Waals surface area (Å²) in [5, 5.41) is 4.57. The zero-order valence-electron chi connectivity index (χ0n) is 15.5. The molecule has 0 atom stereocenters. The molecular formula is C18H25N5O2. The molecule has 25 heavy (non-hydrogen) atoms. The van der Waals surface area contributed by atoms with E-state index in [1.54, 1.807) is 13.1 Å². The molecule has 0 aromatic carbocycles. The topological polar surface area (TPSA) is 73.1 Å². The Morgan fingerprint density at radius 2 is 2.08 bits per heavy atom. The van der Waals surface area contributed by atoms with Crippen molar-refractivity contribution in [2.75, 3.05) is 18.1 Å². The van der Waals surface area contributed by atoms with Crippen molar-refractivity contribution in [3.63, 3.8) is 0 Å². The lowest BCUT2D eigenvalue weighted by Crippen LogP contribution is -2.35. The molecule has 0 radical (unpaired) electrons. The molecule has 2 aromatic rings. The third-order valence-electron chi connectivity index (χ3n) is 4.25. The van der Waals surface area contributed by atoms with Gasteiger partial charge < -0.3 is 9.64 Å². The first-order valence-electron chi connectivity index (χ1n) is 8.63. The minimum Gasteiger partial charge on any atom is -0.462 e. The van der Waals surface area contributed by atoms with Crippen molar-refractivity contribution in [3.8, 4) is 0 Å². The maximum absolute atomic E-state index is 12.3. The van der Waals surface area contributed by atoms with Gasteiger partial charge in [0.25, 0.3) is 0 Å². The fraction of sp³-hybridized carbons (Fsp3) is 0.556. The van der Waals surface area contributed by atoms with E-state index < -0.39 is 0 Å². The highest BCUT2D eigenvalue weighted by Gasteiger charge is 2.28. The smallest absolute Gasteiger partial charge is 0.343 e. The van der Waals surface area contributed by atoms with Crippen LogP contribution in [-0.2, 0) is 23.2 Å². The van der Waals surface area contributed by atoms with Crippen LogP contribution in [-0.4, -0.2) is 38.9 Å². The molecule has 1 aliphatic rings. The van der Waals surface area contributed by atoms with Gasteiger partial charge in [0.2, 0.25) is 0 Å². The van der Waals surface area contributed by atoms with Gasteiger partial charge in [0.05, 0.1) is 18.3 Å². The Bertz CT molecular complexity index is 791. The lowest BCUT2D eigenvalue weighted by Gasteiger charge is -2.31. The number of hydrogen-bond donors (Lipinski definition) is 0. The fourth-order valence-electron chi connectivity index (χ4n) is 3.14. The largest absolute Gasteiger partial charge is 0.462 e. The van der Waals surface area contributed by atoms with Crippen molar-refractivity contribution in [2.24, 2.45) is 0 Å². The van der Waals surface area contributed by atoms with Crippen molar-refractivity contribution in [2.45, 2.75) is 53.1 Å². The summed E-state index contributed by atoms with van der Waals surface area (Å²) in [6.45, 7) is 11.9. The van der Waals surface area contributed by atoms with Crippen LogP contribution in [0.4, 0.5) is 5.82 Å². The summed E-state index contributed by atoms with van der Waals surface area (Å²) in [4.78, 5) is 23.0. The van der Waals surface area contributed by atoms with Crippen LogP contribution in [0.25, 0.3) is 0 Å². The lowest BCUT2D eigenvalue weighted by molar-refractivity contribution is 0.0526. The van der Waals surface area contributed by atoms with Gasteiger partial charge in [0.15, 0.2) is 0 Å². The third-order valence-corrected chi connectivity index (χ3v) is 4.25. The predicted molar refractivity (Wildman–Crippen MR) is 94.7 cm³/mol. The molecule has 0 spiro atoms. The molecule has 0 unspecified atom stereocenters. The fourth-order valence-corrected chi connectivity index (χ4v) is 3.14. The molecule has 134 valence electrons. The standard InChI is InChI=1S/C18H25N5O2/c1-6-25-17(24)14-10-19-12(2)21-16(14)22-8-7-15-13(11-22)9-20-23(15)18(3,4)5/h9-10H,6-8,11H2,1-5H3. The van der Waals surface area contributed by atoms with Crippen molar-refractivity contribution in [1.29, 1.82) is 0 Å². The Morgan fingerprint density at radius 3 is 2.76 bits per heavy atom. The highest BCUT2D eigenvalue weighted by molar-refractivity contribution is 5.94. The van der Waals surface area contributed by atoms with Crippen LogP contribution in [0.3, 0.4) is 0 Å². The normalized spacial score (nSPS) is 14.4. The maximum Gasteiger partial charge on any atom is 0.343 e. The summed E-state index contributed by atoms with van der Waals surface area (Å²) in [6, 6.07) is 0. The zero-order valence-corrected chi connectivity index (χ0v) is 15.5. The first-order chi connectivity index (χ1) is 11.8. The number of aromatic nitrogens is 4. The van der Waals surface area contributed by atoms with Gasteiger partial charge in [0, 0.05) is 37.0 Å². The number of nitrogens with zero attached hydrogens (tertiary/aromatic N) is 5. The quantitative estimate of drug-likeness (QED) is 0.797. The van der Waals surface area contributed by atoms with E-state index in [9.17, 15) is 4.79 Å². The van der Waals surface area contributed by atoms with Gasteiger partial charge in [-0.15, -0.1) is 0 Å². The lowest BCUT2D eigenvalue weighted by atomic mass is 10.0. The number of aryl methyl sites for hydroxylation is 1. The Balaban J connectivity index is 1.93. The highest BCUT2D eigenvalue weighted by atomic mass is 16.5. The van der Waals surface area contributed by atoms with E-state index in [-0.39, 0.29) is 11.5 Å². The third kappa shape index (κ3) is 3.36. The molecular weight excluding hydrogens is 318 g/mol. The number of hydrogen-bond acceptors (Lipinski definition) is 6. The number of esters is 1. The summed E-state index contributed by atoms with van der Waals surface area (Å²) in [5.41, 5.74) is 2.80. The second-order valence-electron chi connectivity index (χ2n) is 7.25. The molecule has 1 aliphatic heterocycles. The molecule has 7 nitrogen and oxygen atoms in total. The summed E-state index contributed by atoms with van der Waals surface area (Å²) in [6.07, 6.45) is 4.34. The summed E-state index contributed by atoms with van der Waals surface area (Å²) >= 11 is 0. The minimum atomic E-state index is -0.381. The van der Waals surface area contributed by atoms with Crippen molar-refractivity contribution in [1.82, 2.24) is 19.7 Å². The second-order valence-corrected chi connectivity index (χ2v) is 7.25. The average Bonchev–Trinajstić information content (AvgIpc) is 2.98. The number of carbonyl (C=O) groups is 1. The molecule has 0 fully saturated rings. The molecule has 3 heterocycles. The van der Waals surface area contributed by atoms with Crippen molar-refractivity contribution < 1.29 is 9.53 Å². The number of rotatable bonds is 3. The second kappa shape index (κ2) is 6.46. The van der Waals surface area contributed by atoms with Crippen LogP contribution in [0.15, 0.2) is 12.4 Å². The van der Waals surface area contributed by atoms with Gasteiger partial charge in [-0.3, -0.25) is 4.68 Å².